The van der Waals surface area contributed by atoms with Crippen molar-refractivity contribution in [1.29, 1.82) is 0 Å². The van der Waals surface area contributed by atoms with E-state index in [4.69, 9.17) is 4.74 Å². The lowest BCUT2D eigenvalue weighted by molar-refractivity contribution is 0.0378. The number of ether oxygens (including phenoxy) is 1. The lowest BCUT2D eigenvalue weighted by Crippen LogP contribution is -2.18. The number of anilines is 1. The monoisotopic (exact) mass is 487 g/mol. The van der Waals surface area contributed by atoms with Gasteiger partial charge in [-0.25, -0.2) is 4.79 Å². The number of nitrogens with one attached hydrogen (secondary N) is 1. The van der Waals surface area contributed by atoms with Crippen LogP contribution in [0.25, 0.3) is 0 Å². The summed E-state index contributed by atoms with van der Waals surface area (Å²) in [5.74, 6) is -0.373. The van der Waals surface area contributed by atoms with Crippen molar-refractivity contribution in [2.24, 2.45) is 0 Å². The Balaban J connectivity index is 1.65. The molecule has 2 aromatic rings. The summed E-state index contributed by atoms with van der Waals surface area (Å²) < 4.78 is 5.66. The second-order valence-corrected chi connectivity index (χ2v) is 11.8. The van der Waals surface area contributed by atoms with E-state index in [0.717, 1.165) is 56.1 Å². The van der Waals surface area contributed by atoms with Gasteiger partial charge in [-0.05, 0) is 76.3 Å². The van der Waals surface area contributed by atoms with Gasteiger partial charge in [-0.15, -0.1) is 22.7 Å². The Morgan fingerprint density at radius 2 is 1.39 bits per heavy atom. The minimum Gasteiger partial charge on any atom is -0.459 e. The van der Waals surface area contributed by atoms with Crippen LogP contribution in [-0.2, 0) is 30.4 Å². The van der Waals surface area contributed by atoms with Gasteiger partial charge in [0.15, 0.2) is 0 Å². The van der Waals surface area contributed by atoms with Gasteiger partial charge in [-0.1, -0.05) is 38.5 Å². The molecule has 4 nitrogen and oxygen atoms in total. The molecule has 4 rings (SSSR count). The second kappa shape index (κ2) is 11.7. The first kappa shape index (κ1) is 24.5. The summed E-state index contributed by atoms with van der Waals surface area (Å²) in [6.07, 6.45) is 15.9. The highest BCUT2D eigenvalue weighted by molar-refractivity contribution is 7.17. The van der Waals surface area contributed by atoms with E-state index in [1.807, 2.05) is 19.2 Å². The molecule has 0 spiro atoms. The minimum atomic E-state index is -0.294. The highest BCUT2D eigenvalue weighted by Gasteiger charge is 2.28. The molecule has 2 heterocycles. The lowest BCUT2D eigenvalue weighted by atomic mass is 9.95. The number of aryl methyl sites for hydroxylation is 2. The highest BCUT2D eigenvalue weighted by atomic mass is 32.1. The van der Waals surface area contributed by atoms with E-state index < -0.39 is 0 Å². The Kier molecular flexibility index (Phi) is 8.64. The van der Waals surface area contributed by atoms with Crippen LogP contribution >= 0.6 is 22.7 Å². The average molecular weight is 488 g/mol. The van der Waals surface area contributed by atoms with Gasteiger partial charge in [0.05, 0.1) is 17.2 Å². The molecule has 6 heteroatoms. The Bertz CT molecular complexity index is 972. The summed E-state index contributed by atoms with van der Waals surface area (Å²) in [4.78, 5) is 29.2. The molecule has 1 amide bonds. The molecule has 2 aliphatic rings. The number of carbonyl (C=O) groups is 2. The summed E-state index contributed by atoms with van der Waals surface area (Å²) in [6.45, 7) is 3.76. The van der Waals surface area contributed by atoms with Gasteiger partial charge in [0.1, 0.15) is 5.00 Å². The van der Waals surface area contributed by atoms with E-state index in [1.54, 1.807) is 22.7 Å². The highest BCUT2D eigenvalue weighted by Crippen LogP contribution is 2.38. The molecule has 0 saturated carbocycles. The van der Waals surface area contributed by atoms with Crippen molar-refractivity contribution in [3.8, 4) is 0 Å². The zero-order chi connectivity index (χ0) is 23.2. The number of esters is 1. The fourth-order valence-electron chi connectivity index (χ4n) is 5.06. The Morgan fingerprint density at radius 3 is 2.12 bits per heavy atom. The van der Waals surface area contributed by atoms with Crippen LogP contribution in [-0.4, -0.2) is 18.0 Å². The van der Waals surface area contributed by atoms with Crippen molar-refractivity contribution in [2.75, 3.05) is 5.32 Å². The molecule has 0 radical (unpaired) electrons. The maximum atomic E-state index is 13.3. The third-order valence-electron chi connectivity index (χ3n) is 6.75. The van der Waals surface area contributed by atoms with Gasteiger partial charge < -0.3 is 10.1 Å². The molecular formula is C27H37NO3S2. The predicted octanol–water partition coefficient (Wildman–Crippen LogP) is 7.73. The van der Waals surface area contributed by atoms with Gasteiger partial charge >= 0.3 is 5.97 Å². The number of thiophene rings is 2. The maximum absolute atomic E-state index is 13.3. The summed E-state index contributed by atoms with van der Waals surface area (Å²) in [5, 5.41) is 5.84. The summed E-state index contributed by atoms with van der Waals surface area (Å²) >= 11 is 3.30. The van der Waals surface area contributed by atoms with E-state index in [-0.39, 0.29) is 18.0 Å². The lowest BCUT2D eigenvalue weighted by Gasteiger charge is -2.14. The van der Waals surface area contributed by atoms with E-state index >= 15 is 0 Å². The largest absolute Gasteiger partial charge is 0.459 e. The Morgan fingerprint density at radius 1 is 0.818 bits per heavy atom. The van der Waals surface area contributed by atoms with Crippen LogP contribution in [0.15, 0.2) is 5.38 Å². The molecule has 180 valence electrons. The number of fused-ring (bicyclic) bond motifs is 2. The normalized spacial score (nSPS) is 17.4. The number of hydrogen-bond donors (Lipinski definition) is 1. The Hall–Kier alpha value is -1.66. The van der Waals surface area contributed by atoms with Crippen molar-refractivity contribution < 1.29 is 14.3 Å². The third-order valence-corrected chi connectivity index (χ3v) is 9.05. The second-order valence-electron chi connectivity index (χ2n) is 9.70. The quantitative estimate of drug-likeness (QED) is 0.449. The Labute approximate surface area is 206 Å². The van der Waals surface area contributed by atoms with E-state index in [0.29, 0.717) is 10.6 Å². The van der Waals surface area contributed by atoms with Crippen LogP contribution in [0.4, 0.5) is 5.00 Å². The fourth-order valence-corrected chi connectivity index (χ4v) is 7.46. The van der Waals surface area contributed by atoms with Crippen LogP contribution in [0.3, 0.4) is 0 Å². The van der Waals surface area contributed by atoms with Crippen molar-refractivity contribution in [2.45, 2.75) is 110 Å². The smallest absolute Gasteiger partial charge is 0.341 e. The van der Waals surface area contributed by atoms with Crippen molar-refractivity contribution in [3.63, 3.8) is 0 Å². The third kappa shape index (κ3) is 6.07. The molecule has 0 atom stereocenters. The maximum Gasteiger partial charge on any atom is 0.341 e. The van der Waals surface area contributed by atoms with Gasteiger partial charge in [0.2, 0.25) is 0 Å². The van der Waals surface area contributed by atoms with Crippen LogP contribution < -0.4 is 5.32 Å². The molecule has 1 N–H and O–H groups in total. The topological polar surface area (TPSA) is 55.4 Å². The van der Waals surface area contributed by atoms with E-state index in [9.17, 15) is 9.59 Å². The first-order chi connectivity index (χ1) is 16.0. The zero-order valence-electron chi connectivity index (χ0n) is 20.1. The average Bonchev–Trinajstić information content (AvgIpc) is 3.35. The first-order valence-corrected chi connectivity index (χ1v) is 14.5. The van der Waals surface area contributed by atoms with Crippen LogP contribution in [0.5, 0.6) is 0 Å². The number of rotatable bonds is 4. The summed E-state index contributed by atoms with van der Waals surface area (Å²) in [7, 11) is 0. The van der Waals surface area contributed by atoms with Gasteiger partial charge in [0, 0.05) is 15.1 Å². The molecule has 2 aliphatic carbocycles. The van der Waals surface area contributed by atoms with Gasteiger partial charge in [-0.2, -0.15) is 0 Å². The summed E-state index contributed by atoms with van der Waals surface area (Å²) in [5.41, 5.74) is 3.73. The molecule has 33 heavy (non-hydrogen) atoms. The minimum absolute atomic E-state index is 0.0785. The molecule has 0 saturated heterocycles. The molecule has 0 bridgehead atoms. The van der Waals surface area contributed by atoms with Crippen LogP contribution in [0, 0.1) is 0 Å². The number of amides is 1. The molecular weight excluding hydrogens is 450 g/mol. The van der Waals surface area contributed by atoms with E-state index in [1.165, 1.54) is 60.3 Å². The standard InChI is InChI=1S/C27H37NO3S2/c1-18(2)31-27(30)24-20-14-9-7-5-3-4-6-8-10-16-23(20)33-26(24)28-25(29)21-17-32-22-15-12-11-13-19(21)22/h17-18H,3-16H2,1-2H3,(H,28,29). The number of hydrogen-bond acceptors (Lipinski definition) is 5. The van der Waals surface area contributed by atoms with Crippen molar-refractivity contribution in [3.05, 3.63) is 37.4 Å². The van der Waals surface area contributed by atoms with Crippen LogP contribution in [0.2, 0.25) is 0 Å². The molecule has 0 unspecified atom stereocenters. The fraction of sp³-hybridized carbons (Fsp3) is 0.630. The molecule has 0 aliphatic heterocycles. The number of carbonyl (C=O) groups excluding carboxylic acids is 2. The van der Waals surface area contributed by atoms with Gasteiger partial charge in [-0.3, -0.25) is 4.79 Å². The SMILES string of the molecule is CC(C)OC(=O)c1c(NC(=O)c2csc3c2CCCC3)sc2c1CCCCCCCCCC2. The van der Waals surface area contributed by atoms with Crippen molar-refractivity contribution in [1.82, 2.24) is 0 Å². The van der Waals surface area contributed by atoms with Crippen molar-refractivity contribution >= 4 is 39.6 Å². The zero-order valence-corrected chi connectivity index (χ0v) is 21.7. The van der Waals surface area contributed by atoms with E-state index in [2.05, 4.69) is 5.32 Å². The molecule has 2 aromatic heterocycles. The van der Waals surface area contributed by atoms with Crippen LogP contribution in [0.1, 0.15) is 120 Å². The summed E-state index contributed by atoms with van der Waals surface area (Å²) in [6, 6.07) is 0. The molecule has 0 fully saturated rings. The first-order valence-electron chi connectivity index (χ1n) is 12.8. The predicted molar refractivity (Wildman–Crippen MR) is 138 cm³/mol. The van der Waals surface area contributed by atoms with Gasteiger partial charge in [0.25, 0.3) is 5.91 Å². The molecule has 0 aromatic carbocycles.